The summed E-state index contributed by atoms with van der Waals surface area (Å²) in [4.78, 5) is 42.2. The molecule has 186 valence electrons. The number of nitrogens with two attached hydrogens (primary N) is 1. The van der Waals surface area contributed by atoms with E-state index in [1.165, 1.54) is 9.47 Å². The van der Waals surface area contributed by atoms with Gasteiger partial charge in [0, 0.05) is 13.0 Å². The number of methoxy groups -OCH3 is 1. The van der Waals surface area contributed by atoms with Crippen molar-refractivity contribution < 1.29 is 14.3 Å². The summed E-state index contributed by atoms with van der Waals surface area (Å²) >= 11 is 0. The van der Waals surface area contributed by atoms with Gasteiger partial charge in [-0.15, -0.1) is 0 Å². The topological polar surface area (TPSA) is 120 Å². The molecule has 35 heavy (non-hydrogen) atoms. The monoisotopic (exact) mass is 480 g/mol. The van der Waals surface area contributed by atoms with E-state index in [0.717, 1.165) is 17.7 Å². The highest BCUT2D eigenvalue weighted by atomic mass is 16.5. The third-order valence-electron chi connectivity index (χ3n) is 5.57. The molecule has 1 aromatic heterocycles. The van der Waals surface area contributed by atoms with Crippen LogP contribution in [0.5, 0.6) is 11.5 Å². The Morgan fingerprint density at radius 2 is 1.71 bits per heavy atom. The largest absolute Gasteiger partial charge is 0.497 e. The lowest BCUT2D eigenvalue weighted by Crippen LogP contribution is -2.41. The number of unbranched alkanes of at least 4 members (excludes halogenated alkanes) is 1. The number of nitrogens with one attached hydrogen (secondary N) is 1. The van der Waals surface area contributed by atoms with Gasteiger partial charge >= 0.3 is 5.69 Å². The number of aromatic amines is 1. The van der Waals surface area contributed by atoms with Gasteiger partial charge < -0.3 is 20.1 Å². The van der Waals surface area contributed by atoms with Crippen molar-refractivity contribution in [2.45, 2.75) is 45.7 Å². The van der Waals surface area contributed by atoms with E-state index in [1.807, 2.05) is 37.3 Å². The zero-order valence-electron chi connectivity index (χ0n) is 20.2. The normalized spacial score (nSPS) is 10.7. The van der Waals surface area contributed by atoms with Crippen molar-refractivity contribution in [3.63, 3.8) is 0 Å². The highest BCUT2D eigenvalue weighted by Gasteiger charge is 2.24. The lowest BCUT2D eigenvalue weighted by Gasteiger charge is -2.25. The van der Waals surface area contributed by atoms with Crippen LogP contribution in [0.2, 0.25) is 0 Å². The fourth-order valence-corrected chi connectivity index (χ4v) is 3.65. The maximum atomic E-state index is 13.3. The SMILES string of the molecule is CCCCn1c(N)c(N(Cc2ccccc2)C(=O)CCCOc2ccc(OC)cc2)c(=O)[nH]c1=O. The second-order valence-corrected chi connectivity index (χ2v) is 8.09. The molecule has 3 aromatic rings. The number of amides is 1. The van der Waals surface area contributed by atoms with E-state index >= 15 is 0 Å². The molecule has 0 aliphatic rings. The van der Waals surface area contributed by atoms with Gasteiger partial charge in [-0.25, -0.2) is 4.79 Å². The molecule has 0 saturated heterocycles. The van der Waals surface area contributed by atoms with E-state index < -0.39 is 11.2 Å². The molecular formula is C26H32N4O5. The average Bonchev–Trinajstić information content (AvgIpc) is 2.86. The predicted molar refractivity (Wildman–Crippen MR) is 136 cm³/mol. The number of hydrogen-bond donors (Lipinski definition) is 2. The number of nitrogen functional groups attached to an aromatic ring is 1. The van der Waals surface area contributed by atoms with Gasteiger partial charge in [-0.3, -0.25) is 19.1 Å². The molecule has 0 atom stereocenters. The van der Waals surface area contributed by atoms with Crippen LogP contribution in [0.25, 0.3) is 0 Å². The van der Waals surface area contributed by atoms with Crippen molar-refractivity contribution in [2.24, 2.45) is 0 Å². The zero-order chi connectivity index (χ0) is 25.2. The maximum absolute atomic E-state index is 13.3. The summed E-state index contributed by atoms with van der Waals surface area (Å²) in [6.45, 7) is 2.82. The molecule has 1 heterocycles. The minimum absolute atomic E-state index is 0.00837. The Balaban J connectivity index is 1.80. The van der Waals surface area contributed by atoms with Gasteiger partial charge in [0.25, 0.3) is 5.56 Å². The molecule has 0 unspecified atom stereocenters. The van der Waals surface area contributed by atoms with Gasteiger partial charge in [0.15, 0.2) is 5.69 Å². The molecule has 9 nitrogen and oxygen atoms in total. The number of carbonyl (C=O) groups excluding carboxylic acids is 1. The Morgan fingerprint density at radius 3 is 2.37 bits per heavy atom. The van der Waals surface area contributed by atoms with Gasteiger partial charge in [-0.05, 0) is 42.7 Å². The zero-order valence-corrected chi connectivity index (χ0v) is 20.2. The number of H-pyrrole nitrogens is 1. The molecule has 9 heteroatoms. The molecule has 3 N–H and O–H groups in total. The number of benzene rings is 2. The summed E-state index contributed by atoms with van der Waals surface area (Å²) in [5.41, 5.74) is 5.85. The van der Waals surface area contributed by atoms with Crippen LogP contribution in [-0.4, -0.2) is 29.2 Å². The molecule has 0 radical (unpaired) electrons. The highest BCUT2D eigenvalue weighted by molar-refractivity contribution is 5.95. The number of ether oxygens (including phenoxy) is 2. The summed E-state index contributed by atoms with van der Waals surface area (Å²) in [6.07, 6.45) is 2.13. The predicted octanol–water partition coefficient (Wildman–Crippen LogP) is 3.32. The summed E-state index contributed by atoms with van der Waals surface area (Å²) in [7, 11) is 1.59. The molecule has 3 rings (SSSR count). The van der Waals surface area contributed by atoms with E-state index in [4.69, 9.17) is 15.2 Å². The van der Waals surface area contributed by atoms with E-state index in [1.54, 1.807) is 31.4 Å². The van der Waals surface area contributed by atoms with E-state index in [2.05, 4.69) is 4.98 Å². The van der Waals surface area contributed by atoms with Crippen molar-refractivity contribution >= 4 is 17.4 Å². The van der Waals surface area contributed by atoms with E-state index in [0.29, 0.717) is 31.7 Å². The minimum atomic E-state index is -0.681. The van der Waals surface area contributed by atoms with Crippen LogP contribution >= 0.6 is 0 Å². The van der Waals surface area contributed by atoms with E-state index in [9.17, 15) is 14.4 Å². The number of anilines is 2. The molecular weight excluding hydrogens is 448 g/mol. The van der Waals surface area contributed by atoms with Gasteiger partial charge in [0.05, 0.1) is 20.3 Å². The van der Waals surface area contributed by atoms with Crippen LogP contribution in [0, 0.1) is 0 Å². The van der Waals surface area contributed by atoms with Crippen molar-refractivity contribution in [3.05, 3.63) is 81.0 Å². The van der Waals surface area contributed by atoms with Crippen LogP contribution in [0.1, 0.15) is 38.2 Å². The first-order chi connectivity index (χ1) is 16.9. The number of nitrogens with zero attached hydrogens (tertiary/aromatic N) is 2. The third-order valence-corrected chi connectivity index (χ3v) is 5.57. The van der Waals surface area contributed by atoms with Crippen LogP contribution < -0.4 is 31.4 Å². The Kier molecular flexibility index (Phi) is 9.11. The molecule has 1 amide bonds. The van der Waals surface area contributed by atoms with Crippen LogP contribution in [-0.2, 0) is 17.9 Å². The van der Waals surface area contributed by atoms with Crippen molar-refractivity contribution in [1.82, 2.24) is 9.55 Å². The maximum Gasteiger partial charge on any atom is 0.330 e. The first-order valence-corrected chi connectivity index (χ1v) is 11.7. The van der Waals surface area contributed by atoms with Crippen LogP contribution in [0.3, 0.4) is 0 Å². The summed E-state index contributed by atoms with van der Waals surface area (Å²) in [5.74, 6) is 1.10. The first-order valence-electron chi connectivity index (χ1n) is 11.7. The lowest BCUT2D eigenvalue weighted by atomic mass is 10.2. The standard InChI is InChI=1S/C26H32N4O5/c1-3-4-16-29-24(27)23(25(32)28-26(29)33)30(18-19-9-6-5-7-10-19)22(31)11-8-17-35-21-14-12-20(34-2)13-15-21/h5-7,9-10,12-15H,3-4,8,11,16-18,27H2,1-2H3,(H,28,32,33). The summed E-state index contributed by atoms with van der Waals surface area (Å²) < 4.78 is 12.2. The van der Waals surface area contributed by atoms with Crippen LogP contribution in [0.4, 0.5) is 11.5 Å². The van der Waals surface area contributed by atoms with Crippen molar-refractivity contribution in [2.75, 3.05) is 24.4 Å². The van der Waals surface area contributed by atoms with Crippen molar-refractivity contribution in [3.8, 4) is 11.5 Å². The van der Waals surface area contributed by atoms with Gasteiger partial charge in [-0.2, -0.15) is 0 Å². The highest BCUT2D eigenvalue weighted by Crippen LogP contribution is 2.22. The molecule has 0 spiro atoms. The van der Waals surface area contributed by atoms with Crippen molar-refractivity contribution in [1.29, 1.82) is 0 Å². The lowest BCUT2D eigenvalue weighted by molar-refractivity contribution is -0.119. The van der Waals surface area contributed by atoms with E-state index in [-0.39, 0.29) is 30.4 Å². The molecule has 0 bridgehead atoms. The molecule has 2 aromatic carbocycles. The average molecular weight is 481 g/mol. The molecule has 0 aliphatic heterocycles. The van der Waals surface area contributed by atoms with Gasteiger partial charge in [-0.1, -0.05) is 43.7 Å². The Bertz CT molecular complexity index is 1220. The third kappa shape index (κ3) is 6.75. The second kappa shape index (κ2) is 12.5. The quantitative estimate of drug-likeness (QED) is 0.384. The summed E-state index contributed by atoms with van der Waals surface area (Å²) in [6, 6.07) is 16.5. The molecule has 0 aliphatic carbocycles. The number of aromatic nitrogens is 2. The number of rotatable bonds is 12. The fourth-order valence-electron chi connectivity index (χ4n) is 3.65. The second-order valence-electron chi connectivity index (χ2n) is 8.09. The number of carbonyl (C=O) groups is 1. The van der Waals surface area contributed by atoms with Gasteiger partial charge in [0.2, 0.25) is 5.91 Å². The Morgan fingerprint density at radius 1 is 1.03 bits per heavy atom. The smallest absolute Gasteiger partial charge is 0.330 e. The number of hydrogen-bond acceptors (Lipinski definition) is 6. The van der Waals surface area contributed by atoms with Crippen LogP contribution in [0.15, 0.2) is 64.2 Å². The minimum Gasteiger partial charge on any atom is -0.497 e. The molecule has 0 fully saturated rings. The molecule has 0 saturated carbocycles. The fraction of sp³-hybridized carbons (Fsp3) is 0.346. The first kappa shape index (κ1) is 25.6. The summed E-state index contributed by atoms with van der Waals surface area (Å²) in [5, 5.41) is 0. The Labute approximate surface area is 204 Å². The van der Waals surface area contributed by atoms with Gasteiger partial charge in [0.1, 0.15) is 17.3 Å². The Hall–Kier alpha value is -4.01.